The Bertz CT molecular complexity index is 1750. The number of aromatic carboxylic acids is 1. The highest BCUT2D eigenvalue weighted by Gasteiger charge is 2.43. The molecule has 1 aliphatic carbocycles. The molecule has 1 atom stereocenters. The summed E-state index contributed by atoms with van der Waals surface area (Å²) in [5, 5.41) is 12.0. The summed E-state index contributed by atoms with van der Waals surface area (Å²) in [6, 6.07) is 3.63. The highest BCUT2D eigenvalue weighted by Crippen LogP contribution is 2.39. The molecule has 2 aromatic rings. The molecule has 3 amide bonds. The molecule has 0 bridgehead atoms. The largest absolute Gasteiger partial charge is 0.480 e. The molecule has 1 aromatic heterocycles. The van der Waals surface area contributed by atoms with Crippen LogP contribution in [0.1, 0.15) is 94.3 Å². The van der Waals surface area contributed by atoms with Gasteiger partial charge in [0.1, 0.15) is 22.8 Å². The maximum absolute atomic E-state index is 14.5. The Morgan fingerprint density at radius 3 is 2.33 bits per heavy atom. The first-order valence-corrected chi connectivity index (χ1v) is 17.1. The number of nitrogens with one attached hydrogen (secondary N) is 1. The summed E-state index contributed by atoms with van der Waals surface area (Å²) in [7, 11) is 1.52. The first-order valence-electron chi connectivity index (χ1n) is 16.7. The maximum atomic E-state index is 14.5. The quantitative estimate of drug-likeness (QED) is 0.151. The molecule has 2 aliphatic heterocycles. The molecule has 1 unspecified atom stereocenters. The number of unbranched alkanes of at least 4 members (excludes halogenated alkanes) is 2. The van der Waals surface area contributed by atoms with Crippen LogP contribution in [0.3, 0.4) is 0 Å². The van der Waals surface area contributed by atoms with Crippen LogP contribution in [0.2, 0.25) is 5.02 Å². The molecule has 0 fully saturated rings. The number of methoxy groups -OCH3 is 1. The molecule has 0 saturated carbocycles. The van der Waals surface area contributed by atoms with Gasteiger partial charge in [-0.15, -0.1) is 0 Å². The minimum Gasteiger partial charge on any atom is -0.480 e. The van der Waals surface area contributed by atoms with Crippen molar-refractivity contribution < 1.29 is 47.7 Å². The van der Waals surface area contributed by atoms with Crippen LogP contribution in [0.25, 0.3) is 0 Å². The van der Waals surface area contributed by atoms with Gasteiger partial charge in [-0.2, -0.15) is 0 Å². The standard InChI is InChI=1S/C21H23ClFNO5.C15H19N3O4/c1-2-3-6-9-28-19(25)12-29-18-11-17(16(23)10-15(18)22)24-20(26)13-7-4-5-8-14(13)21(24)27;1-8(2)15(3)14(21)17-12(18-15)11-10(13(19)20)5-9(6-16-11)7-22-4/h10-11H,2-9,12H2,1H3;5-6,8H,7H2,1-4H3,(H,19,20)(H,17,18,21). The van der Waals surface area contributed by atoms with Gasteiger partial charge >= 0.3 is 11.9 Å². The van der Waals surface area contributed by atoms with Crippen LogP contribution in [0, 0.1) is 11.7 Å². The predicted molar refractivity (Wildman–Crippen MR) is 185 cm³/mol. The van der Waals surface area contributed by atoms with E-state index in [0.29, 0.717) is 36.2 Å². The zero-order valence-electron chi connectivity index (χ0n) is 29.3. The van der Waals surface area contributed by atoms with Gasteiger partial charge in [-0.25, -0.2) is 23.9 Å². The smallest absolute Gasteiger partial charge is 0.344 e. The Morgan fingerprint density at radius 2 is 1.76 bits per heavy atom. The van der Waals surface area contributed by atoms with Crippen molar-refractivity contribution in [2.45, 2.75) is 84.8 Å². The fraction of sp³-hybridized carbons (Fsp3) is 0.472. The summed E-state index contributed by atoms with van der Waals surface area (Å²) < 4.78 is 29.9. The number of carbonyl (C=O) groups excluding carboxylic acids is 4. The fourth-order valence-electron chi connectivity index (χ4n) is 5.63. The van der Waals surface area contributed by atoms with Crippen LogP contribution in [0.4, 0.5) is 10.1 Å². The van der Waals surface area contributed by atoms with Crippen molar-refractivity contribution in [3.63, 3.8) is 0 Å². The van der Waals surface area contributed by atoms with Gasteiger partial charge < -0.3 is 24.6 Å². The molecule has 1 aromatic carbocycles. The molecule has 5 rings (SSSR count). The van der Waals surface area contributed by atoms with Crippen molar-refractivity contribution in [2.75, 3.05) is 25.2 Å². The van der Waals surface area contributed by atoms with Crippen molar-refractivity contribution >= 4 is 52.8 Å². The van der Waals surface area contributed by atoms with Crippen molar-refractivity contribution in [1.29, 1.82) is 0 Å². The second-order valence-electron chi connectivity index (χ2n) is 12.8. The van der Waals surface area contributed by atoms with E-state index >= 15 is 0 Å². The maximum Gasteiger partial charge on any atom is 0.344 e. The van der Waals surface area contributed by atoms with Crippen molar-refractivity contribution in [2.24, 2.45) is 10.9 Å². The minimum atomic E-state index is -1.13. The molecular formula is C36H42ClFN4O9. The number of carboxylic acid groups (broad SMARTS) is 1. The molecular weight excluding hydrogens is 687 g/mol. The third-order valence-corrected chi connectivity index (χ3v) is 9.15. The topological polar surface area (TPSA) is 174 Å². The first-order chi connectivity index (χ1) is 24.2. The summed E-state index contributed by atoms with van der Waals surface area (Å²) in [5.41, 5.74) is 0.539. The number of ether oxygens (including phenoxy) is 3. The van der Waals surface area contributed by atoms with E-state index in [2.05, 4.69) is 15.3 Å². The molecule has 13 nitrogen and oxygen atoms in total. The normalized spacial score (nSPS) is 18.3. The van der Waals surface area contributed by atoms with Crippen LogP contribution >= 0.6 is 11.6 Å². The molecule has 0 radical (unpaired) electrons. The van der Waals surface area contributed by atoms with Crippen molar-refractivity contribution in [3.05, 3.63) is 63.2 Å². The molecule has 0 saturated heterocycles. The van der Waals surface area contributed by atoms with Gasteiger partial charge in [0.25, 0.3) is 17.7 Å². The number of aromatic nitrogens is 1. The number of anilines is 1. The molecule has 51 heavy (non-hydrogen) atoms. The number of aliphatic imine (C=N–C) groups is 1. The second-order valence-corrected chi connectivity index (χ2v) is 13.2. The van der Waals surface area contributed by atoms with E-state index in [0.717, 1.165) is 43.1 Å². The van der Waals surface area contributed by atoms with E-state index in [9.17, 15) is 33.5 Å². The van der Waals surface area contributed by atoms with Gasteiger partial charge in [-0.05, 0) is 62.6 Å². The lowest BCUT2D eigenvalue weighted by atomic mass is 9.89. The van der Waals surface area contributed by atoms with Gasteiger partial charge in [0.15, 0.2) is 12.4 Å². The number of rotatable bonds is 13. The SMILES string of the molecule is CCCCCOC(=O)COc1cc(N2C(=O)C3=C(CCCC3)C2=O)c(F)cc1Cl.COCc1cnc(C2=NC(C)(C(C)C)C(=O)N2)c(C(=O)O)c1. The van der Waals surface area contributed by atoms with E-state index in [1.165, 1.54) is 25.4 Å². The minimum absolute atomic E-state index is 0.000883. The number of halogens is 2. The van der Waals surface area contributed by atoms with E-state index < -0.39 is 41.7 Å². The van der Waals surface area contributed by atoms with Crippen LogP contribution in [0.15, 0.2) is 40.5 Å². The zero-order chi connectivity index (χ0) is 37.5. The number of pyridine rings is 1. The number of nitrogens with zero attached hydrogens (tertiary/aromatic N) is 3. The number of carbonyl (C=O) groups is 5. The van der Waals surface area contributed by atoms with Crippen LogP contribution in [-0.2, 0) is 35.3 Å². The number of benzene rings is 1. The Balaban J connectivity index is 0.000000238. The molecule has 15 heteroatoms. The average molecular weight is 729 g/mol. The van der Waals surface area contributed by atoms with E-state index in [1.807, 2.05) is 20.8 Å². The zero-order valence-corrected chi connectivity index (χ0v) is 30.0. The predicted octanol–water partition coefficient (Wildman–Crippen LogP) is 5.55. The van der Waals surface area contributed by atoms with E-state index in [1.54, 1.807) is 6.92 Å². The molecule has 0 spiro atoms. The first kappa shape index (κ1) is 39.1. The summed E-state index contributed by atoms with van der Waals surface area (Å²) in [4.78, 5) is 70.1. The lowest BCUT2D eigenvalue weighted by Crippen LogP contribution is -2.41. The van der Waals surface area contributed by atoms with E-state index in [4.69, 9.17) is 25.8 Å². The average Bonchev–Trinajstić information content (AvgIpc) is 3.54. The number of imide groups is 1. The lowest BCUT2D eigenvalue weighted by molar-refractivity contribution is -0.146. The van der Waals surface area contributed by atoms with Gasteiger partial charge in [-0.1, -0.05) is 45.2 Å². The van der Waals surface area contributed by atoms with Gasteiger partial charge in [0, 0.05) is 30.5 Å². The molecule has 3 aliphatic rings. The second kappa shape index (κ2) is 17.0. The number of hydrogen-bond donors (Lipinski definition) is 2. The van der Waals surface area contributed by atoms with Crippen molar-refractivity contribution in [1.82, 2.24) is 10.3 Å². The van der Waals surface area contributed by atoms with Crippen LogP contribution in [0.5, 0.6) is 5.75 Å². The third-order valence-electron chi connectivity index (χ3n) is 8.86. The number of esters is 1. The molecule has 2 N–H and O–H groups in total. The summed E-state index contributed by atoms with van der Waals surface area (Å²) in [6.07, 6.45) is 6.92. The van der Waals surface area contributed by atoms with Crippen LogP contribution < -0.4 is 15.0 Å². The number of carboxylic acids is 1. The lowest BCUT2D eigenvalue weighted by Gasteiger charge is -2.21. The summed E-state index contributed by atoms with van der Waals surface area (Å²) in [5.74, 6) is -3.61. The number of hydrogen-bond acceptors (Lipinski definition) is 10. The Hall–Kier alpha value is -4.69. The van der Waals surface area contributed by atoms with Gasteiger partial charge in [0.2, 0.25) is 0 Å². The molecule has 274 valence electrons. The number of amidine groups is 1. The fourth-order valence-corrected chi connectivity index (χ4v) is 5.83. The highest BCUT2D eigenvalue weighted by molar-refractivity contribution is 6.34. The highest BCUT2D eigenvalue weighted by atomic mass is 35.5. The number of amides is 3. The monoisotopic (exact) mass is 728 g/mol. The molecule has 3 heterocycles. The summed E-state index contributed by atoms with van der Waals surface area (Å²) >= 11 is 6.02. The van der Waals surface area contributed by atoms with E-state index in [-0.39, 0.29) is 52.0 Å². The Labute approximate surface area is 300 Å². The van der Waals surface area contributed by atoms with Crippen molar-refractivity contribution in [3.8, 4) is 5.75 Å². The van der Waals surface area contributed by atoms with Gasteiger partial charge in [0.05, 0.1) is 29.5 Å². The third kappa shape index (κ3) is 8.79. The summed E-state index contributed by atoms with van der Waals surface area (Å²) in [6.45, 7) is 7.69. The Morgan fingerprint density at radius 1 is 1.10 bits per heavy atom. The van der Waals surface area contributed by atoms with Crippen LogP contribution in [-0.4, -0.2) is 71.4 Å². The Kier molecular flexibility index (Phi) is 13.0. The van der Waals surface area contributed by atoms with Gasteiger partial charge in [-0.3, -0.25) is 19.4 Å².